The SMILES string of the molecule is Nc1ccc(S(=O)(=O)N2CCCSCC2)c(Cl)c1. The lowest BCUT2D eigenvalue weighted by Gasteiger charge is -2.20. The second-order valence-electron chi connectivity index (χ2n) is 4.06. The maximum atomic E-state index is 12.5. The fraction of sp³-hybridized carbons (Fsp3) is 0.455. The molecule has 7 heteroatoms. The molecule has 0 saturated carbocycles. The van der Waals surface area contributed by atoms with Gasteiger partial charge in [-0.3, -0.25) is 0 Å². The molecule has 4 nitrogen and oxygen atoms in total. The van der Waals surface area contributed by atoms with Crippen molar-refractivity contribution in [2.75, 3.05) is 30.3 Å². The first-order valence-electron chi connectivity index (χ1n) is 5.65. The predicted octanol–water partition coefficient (Wildman–Crippen LogP) is 2.05. The average molecular weight is 307 g/mol. The molecule has 1 fully saturated rings. The van der Waals surface area contributed by atoms with Gasteiger partial charge in [-0.25, -0.2) is 8.42 Å². The highest BCUT2D eigenvalue weighted by Gasteiger charge is 2.27. The van der Waals surface area contributed by atoms with Crippen LogP contribution in [-0.4, -0.2) is 37.3 Å². The van der Waals surface area contributed by atoms with Crippen molar-refractivity contribution >= 4 is 39.1 Å². The molecule has 0 bridgehead atoms. The second-order valence-corrected chi connectivity index (χ2v) is 7.60. The molecule has 100 valence electrons. The zero-order valence-corrected chi connectivity index (χ0v) is 12.2. The largest absolute Gasteiger partial charge is 0.399 e. The summed E-state index contributed by atoms with van der Waals surface area (Å²) in [5, 5.41) is 0.187. The third kappa shape index (κ3) is 2.93. The van der Waals surface area contributed by atoms with E-state index >= 15 is 0 Å². The summed E-state index contributed by atoms with van der Waals surface area (Å²) in [7, 11) is -3.50. The van der Waals surface area contributed by atoms with E-state index in [2.05, 4.69) is 0 Å². The Bertz CT molecular complexity index is 526. The first-order valence-corrected chi connectivity index (χ1v) is 8.62. The minimum Gasteiger partial charge on any atom is -0.399 e. The van der Waals surface area contributed by atoms with E-state index in [9.17, 15) is 8.42 Å². The molecule has 1 aromatic carbocycles. The molecule has 2 N–H and O–H groups in total. The quantitative estimate of drug-likeness (QED) is 0.849. The van der Waals surface area contributed by atoms with Gasteiger partial charge in [-0.05, 0) is 30.4 Å². The fourth-order valence-corrected chi connectivity index (χ4v) is 4.84. The van der Waals surface area contributed by atoms with Crippen LogP contribution in [0.3, 0.4) is 0 Å². The van der Waals surface area contributed by atoms with Crippen LogP contribution >= 0.6 is 23.4 Å². The van der Waals surface area contributed by atoms with Crippen LogP contribution in [0.5, 0.6) is 0 Å². The number of nitrogens with two attached hydrogens (primary N) is 1. The summed E-state index contributed by atoms with van der Waals surface area (Å²) in [6.45, 7) is 1.09. The number of sulfonamides is 1. The number of halogens is 1. The normalized spacial score (nSPS) is 18.5. The average Bonchev–Trinajstić information content (AvgIpc) is 2.57. The Morgan fingerprint density at radius 3 is 2.78 bits per heavy atom. The number of benzene rings is 1. The molecule has 1 heterocycles. The standard InChI is InChI=1S/C11H15ClN2O2S2/c12-10-8-9(13)2-3-11(10)18(15,16)14-4-1-6-17-7-5-14/h2-3,8H,1,4-7,13H2. The third-order valence-corrected chi connectivity index (χ3v) is 6.19. The molecule has 1 aromatic rings. The summed E-state index contributed by atoms with van der Waals surface area (Å²) < 4.78 is 26.4. The van der Waals surface area contributed by atoms with Crippen molar-refractivity contribution in [3.05, 3.63) is 23.2 Å². The number of thioether (sulfide) groups is 1. The molecule has 0 unspecified atom stereocenters. The number of hydrogen-bond donors (Lipinski definition) is 1. The van der Waals surface area contributed by atoms with Crippen LogP contribution in [0.15, 0.2) is 23.1 Å². The Morgan fingerprint density at radius 1 is 1.28 bits per heavy atom. The summed E-state index contributed by atoms with van der Waals surface area (Å²) in [5.74, 6) is 1.83. The van der Waals surface area contributed by atoms with Gasteiger partial charge in [0.1, 0.15) is 4.90 Å². The first-order chi connectivity index (χ1) is 8.51. The van der Waals surface area contributed by atoms with Gasteiger partial charge in [0.05, 0.1) is 5.02 Å². The minimum absolute atomic E-state index is 0.144. The van der Waals surface area contributed by atoms with Crippen LogP contribution in [0.4, 0.5) is 5.69 Å². The van der Waals surface area contributed by atoms with E-state index in [0.29, 0.717) is 18.8 Å². The van der Waals surface area contributed by atoms with Gasteiger partial charge in [-0.2, -0.15) is 16.1 Å². The third-order valence-electron chi connectivity index (χ3n) is 2.75. The Morgan fingerprint density at radius 2 is 2.06 bits per heavy atom. The number of anilines is 1. The lowest BCUT2D eigenvalue weighted by atomic mass is 10.3. The summed E-state index contributed by atoms with van der Waals surface area (Å²) in [5.41, 5.74) is 6.04. The Kier molecular flexibility index (Phi) is 4.42. The highest BCUT2D eigenvalue weighted by molar-refractivity contribution is 7.99. The molecule has 0 spiro atoms. The molecule has 0 aliphatic carbocycles. The van der Waals surface area contributed by atoms with Gasteiger partial charge < -0.3 is 5.73 Å². The van der Waals surface area contributed by atoms with E-state index in [1.807, 2.05) is 0 Å². The topological polar surface area (TPSA) is 63.4 Å². The van der Waals surface area contributed by atoms with E-state index in [4.69, 9.17) is 17.3 Å². The zero-order valence-electron chi connectivity index (χ0n) is 9.80. The van der Waals surface area contributed by atoms with E-state index < -0.39 is 10.0 Å². The van der Waals surface area contributed by atoms with Crippen LogP contribution in [0.1, 0.15) is 6.42 Å². The first kappa shape index (κ1) is 14.0. The summed E-state index contributed by atoms with van der Waals surface area (Å²) >= 11 is 7.76. The summed E-state index contributed by atoms with van der Waals surface area (Å²) in [6.07, 6.45) is 0.872. The maximum absolute atomic E-state index is 12.5. The maximum Gasteiger partial charge on any atom is 0.244 e. The molecule has 1 saturated heterocycles. The van der Waals surface area contributed by atoms with Crippen LogP contribution < -0.4 is 5.73 Å². The van der Waals surface area contributed by atoms with Crippen LogP contribution in [0, 0.1) is 0 Å². The van der Waals surface area contributed by atoms with Crippen LogP contribution in [0.25, 0.3) is 0 Å². The van der Waals surface area contributed by atoms with Crippen molar-refractivity contribution in [1.29, 1.82) is 0 Å². The van der Waals surface area contributed by atoms with Crippen molar-refractivity contribution < 1.29 is 8.42 Å². The van der Waals surface area contributed by atoms with Gasteiger partial charge in [0, 0.05) is 24.5 Å². The second kappa shape index (κ2) is 5.69. The minimum atomic E-state index is -3.50. The van der Waals surface area contributed by atoms with Gasteiger partial charge in [-0.15, -0.1) is 0 Å². The van der Waals surface area contributed by atoms with Crippen LogP contribution in [0.2, 0.25) is 5.02 Å². The smallest absolute Gasteiger partial charge is 0.244 e. The fourth-order valence-electron chi connectivity index (χ4n) is 1.83. The number of hydrogen-bond acceptors (Lipinski definition) is 4. The van der Waals surface area contributed by atoms with Crippen LogP contribution in [-0.2, 0) is 10.0 Å². The van der Waals surface area contributed by atoms with Gasteiger partial charge in [0.25, 0.3) is 0 Å². The number of rotatable bonds is 2. The molecular weight excluding hydrogens is 292 g/mol. The Balaban J connectivity index is 2.34. The number of nitrogen functional groups attached to an aromatic ring is 1. The molecule has 0 amide bonds. The van der Waals surface area contributed by atoms with Crippen molar-refractivity contribution in [3.8, 4) is 0 Å². The molecule has 1 aliphatic heterocycles. The van der Waals surface area contributed by atoms with Gasteiger partial charge in [-0.1, -0.05) is 11.6 Å². The lowest BCUT2D eigenvalue weighted by molar-refractivity contribution is 0.435. The molecule has 0 radical (unpaired) electrons. The van der Waals surface area contributed by atoms with Crippen molar-refractivity contribution in [1.82, 2.24) is 4.31 Å². The van der Waals surface area contributed by atoms with Crippen molar-refractivity contribution in [2.45, 2.75) is 11.3 Å². The molecule has 2 rings (SSSR count). The highest BCUT2D eigenvalue weighted by Crippen LogP contribution is 2.27. The molecule has 0 atom stereocenters. The highest BCUT2D eigenvalue weighted by atomic mass is 35.5. The van der Waals surface area contributed by atoms with Crippen molar-refractivity contribution in [2.24, 2.45) is 0 Å². The van der Waals surface area contributed by atoms with Gasteiger partial charge in [0.15, 0.2) is 0 Å². The van der Waals surface area contributed by atoms with E-state index in [1.54, 1.807) is 17.8 Å². The van der Waals surface area contributed by atoms with E-state index in [-0.39, 0.29) is 9.92 Å². The molecule has 1 aliphatic rings. The van der Waals surface area contributed by atoms with Gasteiger partial charge in [0.2, 0.25) is 10.0 Å². The predicted molar refractivity (Wildman–Crippen MR) is 76.6 cm³/mol. The Labute approximate surface area is 117 Å². The Hall–Kier alpha value is -0.430. The summed E-state index contributed by atoms with van der Waals surface area (Å²) in [4.78, 5) is 0.144. The molecule has 18 heavy (non-hydrogen) atoms. The lowest BCUT2D eigenvalue weighted by Crippen LogP contribution is -2.33. The molecular formula is C11H15ClN2O2S2. The number of nitrogens with zero attached hydrogens (tertiary/aromatic N) is 1. The zero-order chi connectivity index (χ0) is 13.2. The van der Waals surface area contributed by atoms with E-state index in [1.165, 1.54) is 16.4 Å². The van der Waals surface area contributed by atoms with E-state index in [0.717, 1.165) is 17.9 Å². The van der Waals surface area contributed by atoms with Crippen molar-refractivity contribution in [3.63, 3.8) is 0 Å². The van der Waals surface area contributed by atoms with Gasteiger partial charge >= 0.3 is 0 Å². The monoisotopic (exact) mass is 306 g/mol. The summed E-state index contributed by atoms with van der Waals surface area (Å²) in [6, 6.07) is 4.51. The molecule has 0 aromatic heterocycles.